The maximum Gasteiger partial charge on any atom is 0.121 e. The van der Waals surface area contributed by atoms with Gasteiger partial charge in [0.25, 0.3) is 0 Å². The average molecular weight is 284 g/mol. The first-order valence-corrected chi connectivity index (χ1v) is 7.38. The summed E-state index contributed by atoms with van der Waals surface area (Å²) in [6.45, 7) is 1.03. The van der Waals surface area contributed by atoms with Crippen molar-refractivity contribution in [3.63, 3.8) is 0 Å². The fourth-order valence-corrected chi connectivity index (χ4v) is 2.94. The number of rotatable bonds is 4. The van der Waals surface area contributed by atoms with Crippen molar-refractivity contribution in [2.75, 3.05) is 6.54 Å². The molecule has 3 N–H and O–H groups in total. The lowest BCUT2D eigenvalue weighted by molar-refractivity contribution is 0.0250. The summed E-state index contributed by atoms with van der Waals surface area (Å²) in [7, 11) is 0. The number of phenols is 1. The summed E-state index contributed by atoms with van der Waals surface area (Å²) in [6, 6.07) is 5.11. The minimum Gasteiger partial charge on any atom is -0.508 e. The molecule has 0 aliphatic heterocycles. The number of aliphatic hydroxyl groups is 1. The highest BCUT2D eigenvalue weighted by Gasteiger charge is 2.27. The van der Waals surface area contributed by atoms with Gasteiger partial charge in [-0.15, -0.1) is 0 Å². The lowest BCUT2D eigenvalue weighted by Crippen LogP contribution is -2.39. The Hall–Kier alpha value is -0.770. The molecule has 4 heteroatoms. The number of hydrogen-bond acceptors (Lipinski definition) is 3. The van der Waals surface area contributed by atoms with Crippen molar-refractivity contribution in [1.82, 2.24) is 5.32 Å². The highest BCUT2D eigenvalue weighted by molar-refractivity contribution is 6.31. The third-order valence-corrected chi connectivity index (χ3v) is 4.24. The molecule has 19 heavy (non-hydrogen) atoms. The zero-order valence-corrected chi connectivity index (χ0v) is 11.9. The van der Waals surface area contributed by atoms with E-state index in [4.69, 9.17) is 11.6 Å². The number of nitrogens with one attached hydrogen (secondary N) is 1. The fourth-order valence-electron chi connectivity index (χ4n) is 2.71. The number of halogens is 1. The van der Waals surface area contributed by atoms with Crippen molar-refractivity contribution >= 4 is 11.6 Å². The van der Waals surface area contributed by atoms with Crippen LogP contribution >= 0.6 is 11.6 Å². The zero-order valence-electron chi connectivity index (χ0n) is 11.2. The van der Waals surface area contributed by atoms with Crippen LogP contribution in [-0.4, -0.2) is 22.4 Å². The maximum atomic E-state index is 10.5. The molecule has 0 radical (unpaired) electrons. The van der Waals surface area contributed by atoms with E-state index >= 15 is 0 Å². The van der Waals surface area contributed by atoms with Crippen molar-refractivity contribution in [2.45, 2.75) is 50.7 Å². The number of phenolic OH excluding ortho intramolecular Hbond substituents is 1. The van der Waals surface area contributed by atoms with Crippen molar-refractivity contribution in [1.29, 1.82) is 0 Å². The summed E-state index contributed by atoms with van der Waals surface area (Å²) in [6.07, 6.45) is 6.33. The first-order chi connectivity index (χ1) is 9.11. The Morgan fingerprint density at radius 1 is 1.16 bits per heavy atom. The molecule has 1 fully saturated rings. The van der Waals surface area contributed by atoms with Gasteiger partial charge < -0.3 is 15.5 Å². The highest BCUT2D eigenvalue weighted by atomic mass is 35.5. The summed E-state index contributed by atoms with van der Waals surface area (Å²) in [5.74, 6) is 0.202. The van der Waals surface area contributed by atoms with E-state index in [2.05, 4.69) is 5.32 Å². The van der Waals surface area contributed by atoms with E-state index in [0.717, 1.165) is 25.7 Å². The van der Waals surface area contributed by atoms with E-state index in [1.807, 2.05) is 0 Å². The molecule has 106 valence electrons. The Labute approximate surface area is 119 Å². The molecule has 1 aromatic rings. The van der Waals surface area contributed by atoms with Gasteiger partial charge in [-0.25, -0.2) is 0 Å². The van der Waals surface area contributed by atoms with E-state index in [-0.39, 0.29) is 5.75 Å². The molecule has 3 nitrogen and oxygen atoms in total. The van der Waals surface area contributed by atoms with Crippen LogP contribution in [0.2, 0.25) is 5.02 Å². The third kappa shape index (κ3) is 4.10. The Kier molecular flexibility index (Phi) is 5.08. The van der Waals surface area contributed by atoms with Crippen molar-refractivity contribution in [2.24, 2.45) is 0 Å². The second kappa shape index (κ2) is 6.60. The van der Waals surface area contributed by atoms with Gasteiger partial charge in [0.15, 0.2) is 0 Å². The number of benzene rings is 1. The van der Waals surface area contributed by atoms with Gasteiger partial charge in [0.05, 0.1) is 5.60 Å². The third-order valence-electron chi connectivity index (χ3n) is 3.88. The van der Waals surface area contributed by atoms with Gasteiger partial charge in [-0.2, -0.15) is 0 Å². The standard InChI is InChI=1S/C15H22ClNO2/c16-13-6-5-7-14(18)12(13)10-17-11-15(19)8-3-1-2-4-9-15/h5-7,17-19H,1-4,8-11H2. The van der Waals surface area contributed by atoms with Gasteiger partial charge in [0, 0.05) is 23.7 Å². The second-order valence-corrected chi connectivity index (χ2v) is 5.89. The Bertz CT molecular complexity index is 394. The van der Waals surface area contributed by atoms with Gasteiger partial charge in [0.1, 0.15) is 5.75 Å². The van der Waals surface area contributed by atoms with Crippen molar-refractivity contribution < 1.29 is 10.2 Å². The van der Waals surface area contributed by atoms with Gasteiger partial charge in [-0.3, -0.25) is 0 Å². The molecular weight excluding hydrogens is 262 g/mol. The molecule has 0 aromatic heterocycles. The van der Waals surface area contributed by atoms with Gasteiger partial charge >= 0.3 is 0 Å². The number of aromatic hydroxyl groups is 1. The van der Waals surface area contributed by atoms with E-state index in [0.29, 0.717) is 23.7 Å². The summed E-state index contributed by atoms with van der Waals surface area (Å²) in [5, 5.41) is 24.0. The normalized spacial score (nSPS) is 19.1. The van der Waals surface area contributed by atoms with Crippen LogP contribution in [0.3, 0.4) is 0 Å². The summed E-state index contributed by atoms with van der Waals surface area (Å²) < 4.78 is 0. The molecule has 0 atom stereocenters. The minimum absolute atomic E-state index is 0.202. The van der Waals surface area contributed by atoms with Gasteiger partial charge in [0.2, 0.25) is 0 Å². The number of hydrogen-bond donors (Lipinski definition) is 3. The van der Waals surface area contributed by atoms with Crippen LogP contribution in [0, 0.1) is 0 Å². The topological polar surface area (TPSA) is 52.5 Å². The predicted molar refractivity (Wildman–Crippen MR) is 77.5 cm³/mol. The van der Waals surface area contributed by atoms with Crippen LogP contribution in [0.5, 0.6) is 5.75 Å². The lowest BCUT2D eigenvalue weighted by atomic mass is 9.94. The SMILES string of the molecule is Oc1cccc(Cl)c1CNCC1(O)CCCCCC1. The predicted octanol–water partition coefficient (Wildman–Crippen LogP) is 3.22. The molecule has 1 aliphatic rings. The molecule has 0 bridgehead atoms. The summed E-state index contributed by atoms with van der Waals surface area (Å²) >= 11 is 6.05. The lowest BCUT2D eigenvalue weighted by Gasteiger charge is -2.27. The van der Waals surface area contributed by atoms with E-state index in [9.17, 15) is 10.2 Å². The molecule has 1 aromatic carbocycles. The van der Waals surface area contributed by atoms with Crippen LogP contribution in [0.25, 0.3) is 0 Å². The molecule has 1 saturated carbocycles. The van der Waals surface area contributed by atoms with Crippen LogP contribution in [0.1, 0.15) is 44.1 Å². The van der Waals surface area contributed by atoms with Gasteiger partial charge in [-0.1, -0.05) is 43.4 Å². The largest absolute Gasteiger partial charge is 0.508 e. The smallest absolute Gasteiger partial charge is 0.121 e. The van der Waals surface area contributed by atoms with Crippen molar-refractivity contribution in [3.8, 4) is 5.75 Å². The van der Waals surface area contributed by atoms with E-state index < -0.39 is 5.60 Å². The van der Waals surface area contributed by atoms with Gasteiger partial charge in [-0.05, 0) is 25.0 Å². The molecule has 0 amide bonds. The highest BCUT2D eigenvalue weighted by Crippen LogP contribution is 2.28. The second-order valence-electron chi connectivity index (χ2n) is 5.48. The average Bonchev–Trinajstić information content (AvgIpc) is 2.58. The quantitative estimate of drug-likeness (QED) is 0.744. The minimum atomic E-state index is -0.604. The Morgan fingerprint density at radius 2 is 1.84 bits per heavy atom. The summed E-state index contributed by atoms with van der Waals surface area (Å²) in [5.41, 5.74) is 0.0919. The first kappa shape index (κ1) is 14.6. The molecule has 0 unspecified atom stereocenters. The Morgan fingerprint density at radius 3 is 2.47 bits per heavy atom. The molecule has 2 rings (SSSR count). The zero-order chi connectivity index (χ0) is 13.7. The molecule has 0 spiro atoms. The van der Waals surface area contributed by atoms with Crippen LogP contribution < -0.4 is 5.32 Å². The Balaban J connectivity index is 1.89. The molecule has 1 aliphatic carbocycles. The first-order valence-electron chi connectivity index (χ1n) is 7.00. The molecular formula is C15H22ClNO2. The molecule has 0 saturated heterocycles. The molecule has 0 heterocycles. The van der Waals surface area contributed by atoms with Crippen LogP contribution in [0.15, 0.2) is 18.2 Å². The fraction of sp³-hybridized carbons (Fsp3) is 0.600. The van der Waals surface area contributed by atoms with Crippen LogP contribution in [-0.2, 0) is 6.54 Å². The monoisotopic (exact) mass is 283 g/mol. The van der Waals surface area contributed by atoms with E-state index in [1.54, 1.807) is 18.2 Å². The van der Waals surface area contributed by atoms with E-state index in [1.165, 1.54) is 12.8 Å². The maximum absolute atomic E-state index is 10.5. The van der Waals surface area contributed by atoms with Crippen LogP contribution in [0.4, 0.5) is 0 Å². The van der Waals surface area contributed by atoms with Crippen molar-refractivity contribution in [3.05, 3.63) is 28.8 Å². The summed E-state index contributed by atoms with van der Waals surface area (Å²) in [4.78, 5) is 0.